The van der Waals surface area contributed by atoms with E-state index in [0.29, 0.717) is 29.8 Å². The van der Waals surface area contributed by atoms with Gasteiger partial charge in [-0.05, 0) is 18.9 Å². The Morgan fingerprint density at radius 1 is 1.00 bits per heavy atom. The highest BCUT2D eigenvalue weighted by Crippen LogP contribution is 2.34. The normalized spacial score (nSPS) is 22.3. The fraction of sp³-hybridized carbons (Fsp3) is 0.611. The molecule has 0 unspecified atom stereocenters. The highest BCUT2D eigenvalue weighted by Gasteiger charge is 2.31. The van der Waals surface area contributed by atoms with Gasteiger partial charge in [0.25, 0.3) is 0 Å². The van der Waals surface area contributed by atoms with Crippen LogP contribution in [0, 0.1) is 0 Å². The van der Waals surface area contributed by atoms with Crippen molar-refractivity contribution in [2.45, 2.75) is 25.4 Å². The third-order valence-corrected chi connectivity index (χ3v) is 5.13. The molecule has 3 aliphatic rings. The number of piperidine rings is 1. The lowest BCUT2D eigenvalue weighted by Gasteiger charge is -2.31. The van der Waals surface area contributed by atoms with Crippen molar-refractivity contribution in [3.63, 3.8) is 0 Å². The molecule has 0 atom stereocenters. The van der Waals surface area contributed by atoms with E-state index in [1.54, 1.807) is 27.4 Å². The zero-order valence-corrected chi connectivity index (χ0v) is 15.2. The number of carbonyl (C=O) groups excluding carboxylic acids is 1. The van der Waals surface area contributed by atoms with Crippen molar-refractivity contribution in [2.24, 2.45) is 0 Å². The molecule has 3 aliphatic heterocycles. The lowest BCUT2D eigenvalue weighted by atomic mass is 10.1. The van der Waals surface area contributed by atoms with Crippen LogP contribution in [0.1, 0.15) is 18.4 Å². The molecule has 3 fully saturated rings. The average molecular weight is 349 g/mol. The van der Waals surface area contributed by atoms with E-state index in [4.69, 9.17) is 14.2 Å². The minimum absolute atomic E-state index is 0.00871. The second kappa shape index (κ2) is 7.82. The van der Waals surface area contributed by atoms with Gasteiger partial charge in [-0.25, -0.2) is 4.79 Å². The molecule has 2 bridgehead atoms. The number of amides is 2. The summed E-state index contributed by atoms with van der Waals surface area (Å²) in [6.07, 6.45) is 2.13. The number of urea groups is 1. The monoisotopic (exact) mass is 349 g/mol. The van der Waals surface area contributed by atoms with Crippen molar-refractivity contribution in [3.05, 3.63) is 17.7 Å². The van der Waals surface area contributed by atoms with Gasteiger partial charge in [0.15, 0.2) is 11.5 Å². The van der Waals surface area contributed by atoms with Crippen molar-refractivity contribution in [2.75, 3.05) is 47.5 Å². The maximum absolute atomic E-state index is 12.7. The number of benzene rings is 1. The summed E-state index contributed by atoms with van der Waals surface area (Å²) in [7, 11) is 4.78. The molecular weight excluding hydrogens is 322 g/mol. The first-order chi connectivity index (χ1) is 12.2. The fourth-order valence-corrected chi connectivity index (χ4v) is 3.66. The van der Waals surface area contributed by atoms with Crippen LogP contribution < -0.4 is 19.5 Å². The Labute approximate surface area is 148 Å². The molecule has 3 heterocycles. The van der Waals surface area contributed by atoms with Crippen LogP contribution in [0.4, 0.5) is 4.79 Å². The van der Waals surface area contributed by atoms with E-state index in [9.17, 15) is 4.79 Å². The first-order valence-corrected chi connectivity index (χ1v) is 8.72. The molecule has 1 aromatic rings. The SMILES string of the molecule is COc1cc(OC)c(OC)cc1CNC(=O)N1CCN2CCC1CC2. The summed E-state index contributed by atoms with van der Waals surface area (Å²) in [5.74, 6) is 1.89. The quantitative estimate of drug-likeness (QED) is 0.877. The Morgan fingerprint density at radius 2 is 1.64 bits per heavy atom. The predicted molar refractivity (Wildman–Crippen MR) is 94.5 cm³/mol. The molecule has 7 heteroatoms. The van der Waals surface area contributed by atoms with Crippen molar-refractivity contribution in [3.8, 4) is 17.2 Å². The molecule has 2 amide bonds. The number of carbonyl (C=O) groups is 1. The number of methoxy groups -OCH3 is 3. The number of hydrogen-bond acceptors (Lipinski definition) is 5. The molecule has 4 rings (SSSR count). The molecule has 0 spiro atoms. The minimum Gasteiger partial charge on any atom is -0.496 e. The van der Waals surface area contributed by atoms with E-state index in [-0.39, 0.29) is 6.03 Å². The van der Waals surface area contributed by atoms with Crippen LogP contribution in [-0.4, -0.2) is 69.4 Å². The summed E-state index contributed by atoms with van der Waals surface area (Å²) in [6, 6.07) is 3.97. The molecule has 1 aromatic carbocycles. The van der Waals surface area contributed by atoms with Crippen LogP contribution in [0.2, 0.25) is 0 Å². The first kappa shape index (κ1) is 17.7. The Morgan fingerprint density at radius 3 is 2.28 bits per heavy atom. The van der Waals surface area contributed by atoms with Gasteiger partial charge in [0.1, 0.15) is 5.75 Å². The topological polar surface area (TPSA) is 63.3 Å². The summed E-state index contributed by atoms with van der Waals surface area (Å²) in [5.41, 5.74) is 0.858. The van der Waals surface area contributed by atoms with Crippen LogP contribution in [0.3, 0.4) is 0 Å². The third-order valence-electron chi connectivity index (χ3n) is 5.13. The molecule has 0 aliphatic carbocycles. The van der Waals surface area contributed by atoms with Gasteiger partial charge in [-0.15, -0.1) is 0 Å². The Kier molecular flexibility index (Phi) is 5.53. The van der Waals surface area contributed by atoms with Crippen molar-refractivity contribution >= 4 is 6.03 Å². The lowest BCUT2D eigenvalue weighted by molar-refractivity contribution is 0.170. The van der Waals surface area contributed by atoms with E-state index >= 15 is 0 Å². The van der Waals surface area contributed by atoms with Gasteiger partial charge in [-0.3, -0.25) is 0 Å². The molecule has 0 aromatic heterocycles. The molecule has 0 saturated carbocycles. The van der Waals surface area contributed by atoms with E-state index in [0.717, 1.165) is 44.6 Å². The number of nitrogens with zero attached hydrogens (tertiary/aromatic N) is 2. The zero-order chi connectivity index (χ0) is 17.8. The van der Waals surface area contributed by atoms with E-state index in [1.807, 2.05) is 11.0 Å². The largest absolute Gasteiger partial charge is 0.496 e. The summed E-state index contributed by atoms with van der Waals surface area (Å²) >= 11 is 0. The van der Waals surface area contributed by atoms with Crippen LogP contribution in [-0.2, 0) is 6.54 Å². The summed E-state index contributed by atoms with van der Waals surface area (Å²) in [5, 5.41) is 3.03. The van der Waals surface area contributed by atoms with Gasteiger partial charge in [0.05, 0.1) is 21.3 Å². The van der Waals surface area contributed by atoms with Crippen molar-refractivity contribution < 1.29 is 19.0 Å². The van der Waals surface area contributed by atoms with E-state index in [1.165, 1.54) is 0 Å². The highest BCUT2D eigenvalue weighted by molar-refractivity contribution is 5.75. The maximum Gasteiger partial charge on any atom is 0.317 e. The highest BCUT2D eigenvalue weighted by atomic mass is 16.5. The van der Waals surface area contributed by atoms with Crippen LogP contribution in [0.15, 0.2) is 12.1 Å². The predicted octanol–water partition coefficient (Wildman–Crippen LogP) is 1.70. The fourth-order valence-electron chi connectivity index (χ4n) is 3.66. The van der Waals surface area contributed by atoms with Crippen LogP contribution in [0.25, 0.3) is 0 Å². The second-order valence-electron chi connectivity index (χ2n) is 6.44. The van der Waals surface area contributed by atoms with Gasteiger partial charge in [0, 0.05) is 50.4 Å². The van der Waals surface area contributed by atoms with Gasteiger partial charge < -0.3 is 29.3 Å². The standard InChI is InChI=1S/C18H27N3O4/c1-23-15-11-17(25-3)16(24-2)10-13(15)12-19-18(22)21-9-8-20-6-4-14(21)5-7-20/h10-11,14H,4-9,12H2,1-3H3,(H,19,22). The molecule has 138 valence electrons. The third kappa shape index (κ3) is 3.76. The maximum atomic E-state index is 12.7. The Balaban J connectivity index is 1.69. The molecule has 25 heavy (non-hydrogen) atoms. The molecular formula is C18H27N3O4. The Bertz CT molecular complexity index is 615. The summed E-state index contributed by atoms with van der Waals surface area (Å²) in [6.45, 7) is 4.33. The number of nitrogens with one attached hydrogen (secondary N) is 1. The van der Waals surface area contributed by atoms with Gasteiger partial charge >= 0.3 is 6.03 Å². The van der Waals surface area contributed by atoms with Crippen molar-refractivity contribution in [1.82, 2.24) is 15.1 Å². The van der Waals surface area contributed by atoms with Gasteiger partial charge in [-0.2, -0.15) is 0 Å². The number of fused-ring (bicyclic) bond motifs is 4. The zero-order valence-electron chi connectivity index (χ0n) is 15.2. The van der Waals surface area contributed by atoms with Crippen molar-refractivity contribution in [1.29, 1.82) is 0 Å². The number of hydrogen-bond donors (Lipinski definition) is 1. The van der Waals surface area contributed by atoms with E-state index < -0.39 is 0 Å². The average Bonchev–Trinajstić information content (AvgIpc) is 2.99. The van der Waals surface area contributed by atoms with Crippen LogP contribution in [0.5, 0.6) is 17.2 Å². The molecule has 7 nitrogen and oxygen atoms in total. The van der Waals surface area contributed by atoms with Gasteiger partial charge in [0.2, 0.25) is 0 Å². The van der Waals surface area contributed by atoms with E-state index in [2.05, 4.69) is 10.2 Å². The lowest BCUT2D eigenvalue weighted by Crippen LogP contribution is -2.46. The molecule has 1 N–H and O–H groups in total. The van der Waals surface area contributed by atoms with Gasteiger partial charge in [-0.1, -0.05) is 0 Å². The van der Waals surface area contributed by atoms with Crippen LogP contribution >= 0.6 is 0 Å². The smallest absolute Gasteiger partial charge is 0.317 e. The second-order valence-corrected chi connectivity index (χ2v) is 6.44. The first-order valence-electron chi connectivity index (χ1n) is 8.72. The molecule has 3 saturated heterocycles. The minimum atomic E-state index is -0.00871. The number of ether oxygens (including phenoxy) is 3. The summed E-state index contributed by atoms with van der Waals surface area (Å²) in [4.78, 5) is 17.1. The number of rotatable bonds is 5. The molecule has 0 radical (unpaired) electrons. The summed E-state index contributed by atoms with van der Waals surface area (Å²) < 4.78 is 16.1. The Hall–Kier alpha value is -2.15.